The van der Waals surface area contributed by atoms with E-state index in [0.717, 1.165) is 40.9 Å². The van der Waals surface area contributed by atoms with Crippen LogP contribution in [0, 0.1) is 0 Å². The van der Waals surface area contributed by atoms with Gasteiger partial charge in [-0.15, -0.1) is 0 Å². The number of nitrogens with zero attached hydrogens (tertiary/aromatic N) is 4. The van der Waals surface area contributed by atoms with Gasteiger partial charge < -0.3 is 9.62 Å². The predicted octanol–water partition coefficient (Wildman–Crippen LogP) is 2.87. The number of fused-ring (bicyclic) bond motifs is 1. The van der Waals surface area contributed by atoms with Crippen LogP contribution in [-0.2, 0) is 13.5 Å². The van der Waals surface area contributed by atoms with E-state index in [9.17, 15) is 0 Å². The molecular formula is C16H14N4O2. The van der Waals surface area contributed by atoms with Crippen molar-refractivity contribution in [3.05, 3.63) is 48.1 Å². The summed E-state index contributed by atoms with van der Waals surface area (Å²) in [6.45, 7) is 0. The van der Waals surface area contributed by atoms with E-state index in [1.54, 1.807) is 10.9 Å². The van der Waals surface area contributed by atoms with Crippen LogP contribution in [0.2, 0.25) is 0 Å². The van der Waals surface area contributed by atoms with Crippen LogP contribution in [0.1, 0.15) is 17.5 Å². The van der Waals surface area contributed by atoms with Gasteiger partial charge in [-0.1, -0.05) is 23.4 Å². The Balaban J connectivity index is 1.84. The molecule has 4 rings (SSSR count). The summed E-state index contributed by atoms with van der Waals surface area (Å²) in [6, 6.07) is 6.15. The molecule has 2 heterocycles. The minimum atomic E-state index is 0.647. The highest BCUT2D eigenvalue weighted by molar-refractivity contribution is 6.04. The van der Waals surface area contributed by atoms with Crippen molar-refractivity contribution in [2.45, 2.75) is 12.8 Å². The van der Waals surface area contributed by atoms with Gasteiger partial charge in [0.1, 0.15) is 5.69 Å². The van der Waals surface area contributed by atoms with Gasteiger partial charge in [-0.25, -0.2) is 4.98 Å². The van der Waals surface area contributed by atoms with Crippen LogP contribution in [0.3, 0.4) is 0 Å². The van der Waals surface area contributed by atoms with E-state index in [0.29, 0.717) is 5.76 Å². The quantitative estimate of drug-likeness (QED) is 0.582. The lowest BCUT2D eigenvalue weighted by Crippen LogP contribution is -1.93. The lowest BCUT2D eigenvalue weighted by Gasteiger charge is -2.04. The molecule has 0 spiro atoms. The van der Waals surface area contributed by atoms with Gasteiger partial charge in [0.2, 0.25) is 0 Å². The van der Waals surface area contributed by atoms with Crippen LogP contribution in [0.25, 0.3) is 22.6 Å². The molecule has 3 aromatic rings. The molecule has 1 aliphatic carbocycles. The molecule has 6 nitrogen and oxygen atoms in total. The van der Waals surface area contributed by atoms with Crippen LogP contribution in [-0.4, -0.2) is 25.7 Å². The molecule has 1 aromatic carbocycles. The summed E-state index contributed by atoms with van der Waals surface area (Å²) in [4.78, 5) is 3.96. The Kier molecular flexibility index (Phi) is 2.82. The van der Waals surface area contributed by atoms with E-state index >= 15 is 0 Å². The highest BCUT2D eigenvalue weighted by Gasteiger charge is 2.21. The van der Waals surface area contributed by atoms with Gasteiger partial charge in [-0.05, 0) is 24.0 Å². The molecule has 1 N–H and O–H groups in total. The van der Waals surface area contributed by atoms with Crippen LogP contribution in [0.4, 0.5) is 0 Å². The van der Waals surface area contributed by atoms with Gasteiger partial charge in [-0.3, -0.25) is 4.68 Å². The third kappa shape index (κ3) is 1.92. The van der Waals surface area contributed by atoms with Crippen molar-refractivity contribution in [2.75, 3.05) is 0 Å². The zero-order valence-corrected chi connectivity index (χ0v) is 12.0. The molecule has 2 aromatic heterocycles. The van der Waals surface area contributed by atoms with Gasteiger partial charge in [0.05, 0.1) is 11.9 Å². The van der Waals surface area contributed by atoms with E-state index in [4.69, 9.17) is 9.62 Å². The van der Waals surface area contributed by atoms with Crippen LogP contribution in [0.5, 0.6) is 0 Å². The number of hydrogen-bond donors (Lipinski definition) is 1. The predicted molar refractivity (Wildman–Crippen MR) is 80.8 cm³/mol. The van der Waals surface area contributed by atoms with E-state index in [-0.39, 0.29) is 0 Å². The van der Waals surface area contributed by atoms with Crippen molar-refractivity contribution in [3.8, 4) is 22.6 Å². The third-order valence-corrected chi connectivity index (χ3v) is 3.97. The molecule has 22 heavy (non-hydrogen) atoms. The molecule has 1 aliphatic rings. The smallest absolute Gasteiger partial charge is 0.181 e. The third-order valence-electron chi connectivity index (χ3n) is 3.97. The number of oxazole rings is 1. The standard InChI is InChI=1S/C16H14N4O2/c1-20-8-13(16(18-20)15-7-17-9-22-15)11-2-4-12-10(6-11)3-5-14(12)19-21/h2,4,6-9,21H,3,5H2,1H3/b19-14+. The monoisotopic (exact) mass is 294 g/mol. The Morgan fingerprint density at radius 1 is 1.27 bits per heavy atom. The molecule has 0 saturated carbocycles. The zero-order chi connectivity index (χ0) is 15.1. The SMILES string of the molecule is Cn1cc(-c2ccc3c(c2)CC/C3=N\O)c(-c2cnco2)n1. The van der Waals surface area contributed by atoms with Crippen molar-refractivity contribution < 1.29 is 9.62 Å². The molecule has 0 fully saturated rings. The maximum atomic E-state index is 9.03. The normalized spacial score (nSPS) is 15.4. The maximum Gasteiger partial charge on any atom is 0.181 e. The largest absolute Gasteiger partial charge is 0.442 e. The Hall–Kier alpha value is -2.89. The second-order valence-electron chi connectivity index (χ2n) is 5.35. The van der Waals surface area contributed by atoms with Crippen molar-refractivity contribution in [3.63, 3.8) is 0 Å². The summed E-state index contributed by atoms with van der Waals surface area (Å²) in [6.07, 6.45) is 6.70. The highest BCUT2D eigenvalue weighted by Crippen LogP contribution is 2.33. The van der Waals surface area contributed by atoms with Crippen LogP contribution in [0.15, 0.2) is 46.6 Å². The average molecular weight is 294 g/mol. The Bertz CT molecular complexity index is 862. The first-order valence-electron chi connectivity index (χ1n) is 7.03. The van der Waals surface area contributed by atoms with Gasteiger partial charge in [0.25, 0.3) is 0 Å². The summed E-state index contributed by atoms with van der Waals surface area (Å²) in [7, 11) is 1.88. The van der Waals surface area contributed by atoms with Gasteiger partial charge in [0.15, 0.2) is 12.2 Å². The lowest BCUT2D eigenvalue weighted by molar-refractivity contribution is 0.318. The fourth-order valence-electron chi connectivity index (χ4n) is 2.96. The minimum absolute atomic E-state index is 0.647. The molecule has 6 heteroatoms. The zero-order valence-electron chi connectivity index (χ0n) is 12.0. The van der Waals surface area contributed by atoms with Gasteiger partial charge in [-0.2, -0.15) is 5.10 Å². The lowest BCUT2D eigenvalue weighted by atomic mass is 10.00. The van der Waals surface area contributed by atoms with E-state index in [1.807, 2.05) is 25.4 Å². The van der Waals surface area contributed by atoms with Crippen molar-refractivity contribution in [1.29, 1.82) is 0 Å². The molecule has 0 radical (unpaired) electrons. The van der Waals surface area contributed by atoms with Crippen LogP contribution >= 0.6 is 0 Å². The van der Waals surface area contributed by atoms with Crippen LogP contribution < -0.4 is 0 Å². The number of oxime groups is 1. The van der Waals surface area contributed by atoms with Gasteiger partial charge >= 0.3 is 0 Å². The first-order chi connectivity index (χ1) is 10.8. The topological polar surface area (TPSA) is 76.4 Å². The first-order valence-corrected chi connectivity index (χ1v) is 7.03. The highest BCUT2D eigenvalue weighted by atomic mass is 16.4. The molecular weight excluding hydrogens is 280 g/mol. The van der Waals surface area contributed by atoms with E-state index < -0.39 is 0 Å². The Morgan fingerprint density at radius 3 is 2.95 bits per heavy atom. The summed E-state index contributed by atoms with van der Waals surface area (Å²) >= 11 is 0. The summed E-state index contributed by atoms with van der Waals surface area (Å²) < 4.78 is 7.15. The number of aromatic nitrogens is 3. The fraction of sp³-hybridized carbons (Fsp3) is 0.188. The van der Waals surface area contributed by atoms with E-state index in [1.165, 1.54) is 12.0 Å². The number of rotatable bonds is 2. The second kappa shape index (κ2) is 4.84. The van der Waals surface area contributed by atoms with Crippen molar-refractivity contribution in [2.24, 2.45) is 12.2 Å². The molecule has 0 unspecified atom stereocenters. The molecule has 0 saturated heterocycles. The second-order valence-corrected chi connectivity index (χ2v) is 5.35. The molecule has 0 atom stereocenters. The summed E-state index contributed by atoms with van der Waals surface area (Å²) in [5, 5.41) is 16.9. The van der Waals surface area contributed by atoms with Crippen molar-refractivity contribution in [1.82, 2.24) is 14.8 Å². The maximum absolute atomic E-state index is 9.03. The average Bonchev–Trinajstić information content (AvgIpc) is 3.25. The Labute approximate surface area is 126 Å². The summed E-state index contributed by atoms with van der Waals surface area (Å²) in [5.74, 6) is 0.647. The fourth-order valence-corrected chi connectivity index (χ4v) is 2.96. The van der Waals surface area contributed by atoms with E-state index in [2.05, 4.69) is 21.3 Å². The Morgan fingerprint density at radius 2 is 2.18 bits per heavy atom. The van der Waals surface area contributed by atoms with Gasteiger partial charge in [0, 0.05) is 24.4 Å². The number of aryl methyl sites for hydroxylation is 2. The first kappa shape index (κ1) is 12.8. The molecule has 110 valence electrons. The molecule has 0 bridgehead atoms. The number of benzene rings is 1. The summed E-state index contributed by atoms with van der Waals surface area (Å²) in [5.41, 5.74) is 5.81. The van der Waals surface area contributed by atoms with Crippen molar-refractivity contribution >= 4 is 5.71 Å². The molecule has 0 amide bonds. The minimum Gasteiger partial charge on any atom is -0.442 e. The molecule has 0 aliphatic heterocycles. The number of hydrogen-bond acceptors (Lipinski definition) is 5.